The molecule has 4 nitrogen and oxygen atoms in total. The summed E-state index contributed by atoms with van der Waals surface area (Å²) in [6.07, 6.45) is 2.00. The van der Waals surface area contributed by atoms with Crippen molar-refractivity contribution in [3.05, 3.63) is 47.3 Å². The molecule has 0 aliphatic heterocycles. The molecule has 2 N–H and O–H groups in total. The highest BCUT2D eigenvalue weighted by atomic mass is 32.1. The number of benzene rings is 1. The van der Waals surface area contributed by atoms with Gasteiger partial charge in [-0.1, -0.05) is 12.1 Å². The minimum absolute atomic E-state index is 0.619. The van der Waals surface area contributed by atoms with Crippen molar-refractivity contribution in [2.45, 2.75) is 20.4 Å². The molecule has 1 heterocycles. The quantitative estimate of drug-likeness (QED) is 0.844. The smallest absolute Gasteiger partial charge is 0.171 e. The van der Waals surface area contributed by atoms with Gasteiger partial charge in [-0.05, 0) is 43.8 Å². The van der Waals surface area contributed by atoms with E-state index in [0.717, 1.165) is 16.9 Å². The molecule has 1 aromatic heterocycles. The fraction of sp³-hybridized carbons (Fsp3) is 0.286. The molecule has 2 rings (SSSR count). The molecular formula is C14H18N4S. The summed E-state index contributed by atoms with van der Waals surface area (Å²) in [4.78, 5) is 0. The summed E-state index contributed by atoms with van der Waals surface area (Å²) in [5.41, 5.74) is 4.38. The zero-order valence-corrected chi connectivity index (χ0v) is 12.2. The van der Waals surface area contributed by atoms with E-state index in [9.17, 15) is 0 Å². The highest BCUT2D eigenvalue weighted by Gasteiger charge is 2.04. The van der Waals surface area contributed by atoms with Crippen LogP contribution >= 0.6 is 12.2 Å². The van der Waals surface area contributed by atoms with Crippen LogP contribution in [0.15, 0.2) is 30.5 Å². The molecule has 5 heteroatoms. The minimum Gasteiger partial charge on any atom is -0.358 e. The van der Waals surface area contributed by atoms with Crippen LogP contribution in [0.1, 0.15) is 16.8 Å². The van der Waals surface area contributed by atoms with E-state index in [0.29, 0.717) is 11.7 Å². The van der Waals surface area contributed by atoms with Crippen LogP contribution in [0.5, 0.6) is 0 Å². The van der Waals surface area contributed by atoms with Crippen molar-refractivity contribution in [2.24, 2.45) is 7.05 Å². The Labute approximate surface area is 118 Å². The van der Waals surface area contributed by atoms with Crippen LogP contribution in [-0.4, -0.2) is 14.9 Å². The number of anilines is 1. The summed E-state index contributed by atoms with van der Waals surface area (Å²) in [6, 6.07) is 8.12. The van der Waals surface area contributed by atoms with E-state index >= 15 is 0 Å². The van der Waals surface area contributed by atoms with E-state index in [2.05, 4.69) is 34.8 Å². The lowest BCUT2D eigenvalue weighted by atomic mass is 10.2. The van der Waals surface area contributed by atoms with Gasteiger partial charge >= 0.3 is 0 Å². The number of aryl methyl sites for hydroxylation is 3. The molecule has 0 saturated carbocycles. The third-order valence-corrected chi connectivity index (χ3v) is 3.08. The van der Waals surface area contributed by atoms with Crippen molar-refractivity contribution < 1.29 is 0 Å². The monoisotopic (exact) mass is 274 g/mol. The fourth-order valence-corrected chi connectivity index (χ4v) is 2.09. The van der Waals surface area contributed by atoms with Crippen LogP contribution in [0, 0.1) is 13.8 Å². The predicted octanol–water partition coefficient (Wildman–Crippen LogP) is 2.52. The first kappa shape index (κ1) is 13.5. The zero-order chi connectivity index (χ0) is 13.8. The van der Waals surface area contributed by atoms with Gasteiger partial charge in [0.15, 0.2) is 5.11 Å². The lowest BCUT2D eigenvalue weighted by Gasteiger charge is -2.10. The molecule has 0 aliphatic carbocycles. The van der Waals surface area contributed by atoms with Gasteiger partial charge in [-0.25, -0.2) is 0 Å². The Hall–Kier alpha value is -1.88. The van der Waals surface area contributed by atoms with Crippen LogP contribution in [0.3, 0.4) is 0 Å². The number of hydrogen-bond donors (Lipinski definition) is 2. The Morgan fingerprint density at radius 2 is 2.16 bits per heavy atom. The Morgan fingerprint density at radius 1 is 1.37 bits per heavy atom. The highest BCUT2D eigenvalue weighted by Crippen LogP contribution is 2.09. The predicted molar refractivity (Wildman–Crippen MR) is 82.2 cm³/mol. The second kappa shape index (κ2) is 5.84. The molecule has 19 heavy (non-hydrogen) atoms. The molecule has 0 fully saturated rings. The maximum atomic E-state index is 5.28. The first-order valence-corrected chi connectivity index (χ1v) is 6.56. The topological polar surface area (TPSA) is 41.9 Å². The number of rotatable bonds is 3. The number of aromatic nitrogens is 2. The Kier molecular flexibility index (Phi) is 4.16. The van der Waals surface area contributed by atoms with E-state index in [4.69, 9.17) is 12.2 Å². The number of thiocarbonyl (C=S) groups is 1. The van der Waals surface area contributed by atoms with Crippen LogP contribution in [0.2, 0.25) is 0 Å². The molecule has 0 aliphatic rings. The summed E-state index contributed by atoms with van der Waals surface area (Å²) in [6.45, 7) is 4.73. The Morgan fingerprint density at radius 3 is 2.79 bits per heavy atom. The molecule has 0 amide bonds. The van der Waals surface area contributed by atoms with Crippen LogP contribution < -0.4 is 10.6 Å². The number of nitrogens with zero attached hydrogens (tertiary/aromatic N) is 2. The third-order valence-electron chi connectivity index (χ3n) is 2.83. The average molecular weight is 274 g/mol. The van der Waals surface area contributed by atoms with Gasteiger partial charge in [0, 0.05) is 31.0 Å². The van der Waals surface area contributed by atoms with Crippen molar-refractivity contribution in [1.29, 1.82) is 0 Å². The van der Waals surface area contributed by atoms with E-state index in [1.165, 1.54) is 5.56 Å². The number of nitrogens with one attached hydrogen (secondary N) is 2. The molecule has 1 aromatic carbocycles. The molecule has 0 unspecified atom stereocenters. The SMILES string of the molecule is Cc1cccc(NC(=S)NCc2cn(C)nc2C)c1. The van der Waals surface area contributed by atoms with Crippen LogP contribution in [0.4, 0.5) is 5.69 Å². The molecular weight excluding hydrogens is 256 g/mol. The van der Waals surface area contributed by atoms with Crippen molar-refractivity contribution in [3.63, 3.8) is 0 Å². The molecule has 2 aromatic rings. The Bertz CT molecular complexity index is 589. The highest BCUT2D eigenvalue weighted by molar-refractivity contribution is 7.80. The van der Waals surface area contributed by atoms with Crippen molar-refractivity contribution in [2.75, 3.05) is 5.32 Å². The molecule has 0 bridgehead atoms. The summed E-state index contributed by atoms with van der Waals surface area (Å²) < 4.78 is 1.81. The second-order valence-electron chi connectivity index (χ2n) is 4.59. The maximum Gasteiger partial charge on any atom is 0.171 e. The first-order chi connectivity index (χ1) is 9.04. The van der Waals surface area contributed by atoms with Crippen LogP contribution in [0.25, 0.3) is 0 Å². The van der Waals surface area contributed by atoms with Crippen molar-refractivity contribution >= 4 is 23.0 Å². The van der Waals surface area contributed by atoms with Gasteiger partial charge in [0.1, 0.15) is 0 Å². The van der Waals surface area contributed by atoms with Gasteiger partial charge in [-0.3, -0.25) is 4.68 Å². The molecule has 100 valence electrons. The second-order valence-corrected chi connectivity index (χ2v) is 5.00. The summed E-state index contributed by atoms with van der Waals surface area (Å²) in [5, 5.41) is 11.3. The van der Waals surface area contributed by atoms with Gasteiger partial charge in [0.2, 0.25) is 0 Å². The van der Waals surface area contributed by atoms with Gasteiger partial charge in [0.05, 0.1) is 5.69 Å². The first-order valence-electron chi connectivity index (χ1n) is 6.15. The largest absolute Gasteiger partial charge is 0.358 e. The van der Waals surface area contributed by atoms with Crippen molar-refractivity contribution in [1.82, 2.24) is 15.1 Å². The molecule has 0 atom stereocenters. The summed E-state index contributed by atoms with van der Waals surface area (Å²) in [5.74, 6) is 0. The standard InChI is InChI=1S/C14H18N4S/c1-10-5-4-6-13(7-10)16-14(19)15-8-12-9-18(3)17-11(12)2/h4-7,9H,8H2,1-3H3,(H2,15,16,19). The number of hydrogen-bond acceptors (Lipinski definition) is 2. The fourth-order valence-electron chi connectivity index (χ4n) is 1.90. The van der Waals surface area contributed by atoms with Crippen molar-refractivity contribution in [3.8, 4) is 0 Å². The van der Waals surface area contributed by atoms with Gasteiger partial charge in [-0.15, -0.1) is 0 Å². The van der Waals surface area contributed by atoms with Crippen LogP contribution in [-0.2, 0) is 13.6 Å². The Balaban J connectivity index is 1.90. The molecule has 0 radical (unpaired) electrons. The van der Waals surface area contributed by atoms with E-state index < -0.39 is 0 Å². The summed E-state index contributed by atoms with van der Waals surface area (Å²) >= 11 is 5.28. The van der Waals surface area contributed by atoms with E-state index in [1.807, 2.05) is 37.0 Å². The minimum atomic E-state index is 0.619. The normalized spacial score (nSPS) is 10.3. The lowest BCUT2D eigenvalue weighted by molar-refractivity contribution is 0.756. The van der Waals surface area contributed by atoms with Gasteiger partial charge in [0.25, 0.3) is 0 Å². The van der Waals surface area contributed by atoms with E-state index in [-0.39, 0.29) is 0 Å². The van der Waals surface area contributed by atoms with E-state index in [1.54, 1.807) is 0 Å². The maximum absolute atomic E-state index is 5.28. The zero-order valence-electron chi connectivity index (χ0n) is 11.4. The molecule has 0 saturated heterocycles. The summed E-state index contributed by atoms with van der Waals surface area (Å²) in [7, 11) is 1.92. The lowest BCUT2D eigenvalue weighted by Crippen LogP contribution is -2.28. The van der Waals surface area contributed by atoms with Gasteiger partial charge in [-0.2, -0.15) is 5.10 Å². The average Bonchev–Trinajstić information content (AvgIpc) is 2.65. The molecule has 0 spiro atoms. The van der Waals surface area contributed by atoms with Gasteiger partial charge < -0.3 is 10.6 Å². The third kappa shape index (κ3) is 3.79.